The first-order valence-electron chi connectivity index (χ1n) is 5.84. The van der Waals surface area contributed by atoms with Gasteiger partial charge in [-0.15, -0.1) is 0 Å². The van der Waals surface area contributed by atoms with Crippen molar-refractivity contribution in [2.24, 2.45) is 5.92 Å². The molecule has 0 bridgehead atoms. The van der Waals surface area contributed by atoms with Crippen molar-refractivity contribution in [1.82, 2.24) is 0 Å². The summed E-state index contributed by atoms with van der Waals surface area (Å²) < 4.78 is 5.46. The molecule has 1 unspecified atom stereocenters. The highest BCUT2D eigenvalue weighted by atomic mass is 16.5. The van der Waals surface area contributed by atoms with Crippen molar-refractivity contribution in [2.45, 2.75) is 26.3 Å². The molecular weight excluding hydrogens is 202 g/mol. The number of hydrogen-bond acceptors (Lipinski definition) is 3. The lowest BCUT2D eigenvalue weighted by Crippen LogP contribution is -2.29. The van der Waals surface area contributed by atoms with E-state index < -0.39 is 0 Å². The van der Waals surface area contributed by atoms with E-state index in [1.165, 1.54) is 5.56 Å². The number of ether oxygens (including phenoxy) is 1. The van der Waals surface area contributed by atoms with E-state index in [9.17, 15) is 5.11 Å². The minimum Gasteiger partial charge on any atom is -0.493 e. The van der Waals surface area contributed by atoms with E-state index in [1.807, 2.05) is 12.1 Å². The van der Waals surface area contributed by atoms with Gasteiger partial charge >= 0.3 is 0 Å². The van der Waals surface area contributed by atoms with E-state index in [0.29, 0.717) is 5.92 Å². The first-order chi connectivity index (χ1) is 7.70. The van der Waals surface area contributed by atoms with Crippen LogP contribution in [-0.4, -0.2) is 24.4 Å². The maximum atomic E-state index is 9.26. The maximum Gasteiger partial charge on any atom is 0.122 e. The first-order valence-corrected chi connectivity index (χ1v) is 5.84. The van der Waals surface area contributed by atoms with Crippen LogP contribution in [-0.2, 0) is 6.42 Å². The van der Waals surface area contributed by atoms with Crippen LogP contribution in [0, 0.1) is 5.92 Å². The van der Waals surface area contributed by atoms with Crippen LogP contribution in [0.1, 0.15) is 19.4 Å². The molecule has 2 rings (SSSR count). The van der Waals surface area contributed by atoms with Crippen molar-refractivity contribution in [3.8, 4) is 5.75 Å². The Morgan fingerprint density at radius 2 is 2.25 bits per heavy atom. The summed E-state index contributed by atoms with van der Waals surface area (Å²) in [7, 11) is 0. The summed E-state index contributed by atoms with van der Waals surface area (Å²) in [5.74, 6) is 1.41. The molecule has 1 aliphatic rings. The molecule has 0 aromatic heterocycles. The highest BCUT2D eigenvalue weighted by molar-refractivity contribution is 5.53. The van der Waals surface area contributed by atoms with Crippen molar-refractivity contribution < 1.29 is 9.84 Å². The summed E-state index contributed by atoms with van der Waals surface area (Å²) in [6.45, 7) is 5.15. The molecule has 2 N–H and O–H groups in total. The summed E-state index contributed by atoms with van der Waals surface area (Å²) in [6, 6.07) is 6.24. The molecule has 88 valence electrons. The Morgan fingerprint density at radius 1 is 1.44 bits per heavy atom. The highest BCUT2D eigenvalue weighted by Gasteiger charge is 2.15. The van der Waals surface area contributed by atoms with Crippen LogP contribution >= 0.6 is 0 Å². The zero-order valence-corrected chi connectivity index (χ0v) is 9.86. The molecule has 0 spiro atoms. The van der Waals surface area contributed by atoms with Crippen LogP contribution in [0.15, 0.2) is 18.2 Å². The number of nitrogens with one attached hydrogen (secondary N) is 1. The largest absolute Gasteiger partial charge is 0.493 e. The van der Waals surface area contributed by atoms with Gasteiger partial charge in [-0.2, -0.15) is 0 Å². The summed E-state index contributed by atoms with van der Waals surface area (Å²) in [6.07, 6.45) is 0.982. The van der Waals surface area contributed by atoms with Crippen molar-refractivity contribution in [3.63, 3.8) is 0 Å². The number of hydrogen-bond donors (Lipinski definition) is 2. The number of fused-ring (bicyclic) bond motifs is 1. The highest BCUT2D eigenvalue weighted by Crippen LogP contribution is 2.28. The second-order valence-electron chi connectivity index (χ2n) is 4.60. The van der Waals surface area contributed by atoms with Crippen molar-refractivity contribution in [1.29, 1.82) is 0 Å². The Bertz CT molecular complexity index is 363. The third-order valence-electron chi connectivity index (χ3n) is 3.04. The van der Waals surface area contributed by atoms with Crippen LogP contribution < -0.4 is 10.1 Å². The van der Waals surface area contributed by atoms with Gasteiger partial charge in [-0.05, 0) is 29.7 Å². The second-order valence-corrected chi connectivity index (χ2v) is 4.60. The molecular formula is C13H19NO2. The number of benzene rings is 1. The average Bonchev–Trinajstić information content (AvgIpc) is 2.72. The van der Waals surface area contributed by atoms with Crippen molar-refractivity contribution in [3.05, 3.63) is 23.8 Å². The zero-order chi connectivity index (χ0) is 11.5. The van der Waals surface area contributed by atoms with Gasteiger partial charge < -0.3 is 15.2 Å². The molecule has 0 saturated heterocycles. The van der Waals surface area contributed by atoms with Gasteiger partial charge in [-0.25, -0.2) is 0 Å². The van der Waals surface area contributed by atoms with E-state index in [4.69, 9.17) is 4.74 Å². The Labute approximate surface area is 96.4 Å². The quantitative estimate of drug-likeness (QED) is 0.817. The zero-order valence-electron chi connectivity index (χ0n) is 9.86. The van der Waals surface area contributed by atoms with Gasteiger partial charge in [0.2, 0.25) is 0 Å². The molecule has 0 fully saturated rings. The molecule has 0 radical (unpaired) electrons. The van der Waals surface area contributed by atoms with Gasteiger partial charge in [0.05, 0.1) is 19.3 Å². The molecule has 1 aliphatic heterocycles. The van der Waals surface area contributed by atoms with Gasteiger partial charge in [-0.3, -0.25) is 0 Å². The van der Waals surface area contributed by atoms with E-state index in [-0.39, 0.29) is 12.6 Å². The van der Waals surface area contributed by atoms with Gasteiger partial charge in [0.25, 0.3) is 0 Å². The van der Waals surface area contributed by atoms with Crippen LogP contribution in [0.25, 0.3) is 0 Å². The molecule has 3 heteroatoms. The summed E-state index contributed by atoms with van der Waals surface area (Å²) >= 11 is 0. The number of rotatable bonds is 4. The summed E-state index contributed by atoms with van der Waals surface area (Å²) in [4.78, 5) is 0. The predicted molar refractivity (Wildman–Crippen MR) is 65.0 cm³/mol. The fraction of sp³-hybridized carbons (Fsp3) is 0.538. The Hall–Kier alpha value is -1.22. The van der Waals surface area contributed by atoms with Gasteiger partial charge in [0.15, 0.2) is 0 Å². The minimum atomic E-state index is 0.111. The molecule has 1 atom stereocenters. The molecule has 16 heavy (non-hydrogen) atoms. The fourth-order valence-electron chi connectivity index (χ4n) is 1.91. The fourth-order valence-corrected chi connectivity index (χ4v) is 1.91. The Balaban J connectivity index is 2.10. The lowest BCUT2D eigenvalue weighted by atomic mass is 10.0. The predicted octanol–water partition coefficient (Wildman–Crippen LogP) is 2.05. The molecule has 0 amide bonds. The van der Waals surface area contributed by atoms with Crippen molar-refractivity contribution in [2.75, 3.05) is 18.5 Å². The van der Waals surface area contributed by atoms with Crippen LogP contribution in [0.3, 0.4) is 0 Å². The van der Waals surface area contributed by atoms with E-state index in [2.05, 4.69) is 25.2 Å². The Morgan fingerprint density at radius 3 is 2.94 bits per heavy atom. The average molecular weight is 221 g/mol. The van der Waals surface area contributed by atoms with Gasteiger partial charge in [0, 0.05) is 12.1 Å². The van der Waals surface area contributed by atoms with E-state index in [1.54, 1.807) is 0 Å². The molecule has 1 aromatic rings. The third kappa shape index (κ3) is 2.30. The maximum absolute atomic E-state index is 9.26. The van der Waals surface area contributed by atoms with Crippen LogP contribution in [0.5, 0.6) is 5.75 Å². The standard InChI is InChI=1S/C13H19NO2/c1-9(2)12(8-15)14-11-3-4-13-10(7-11)5-6-16-13/h3-4,7,9,12,14-15H,5-6,8H2,1-2H3. The molecule has 0 saturated carbocycles. The lowest BCUT2D eigenvalue weighted by Gasteiger charge is -2.21. The minimum absolute atomic E-state index is 0.111. The number of aliphatic hydroxyl groups excluding tert-OH is 1. The number of anilines is 1. The van der Waals surface area contributed by atoms with Crippen LogP contribution in [0.2, 0.25) is 0 Å². The van der Waals surface area contributed by atoms with Gasteiger partial charge in [-0.1, -0.05) is 13.8 Å². The van der Waals surface area contributed by atoms with E-state index in [0.717, 1.165) is 24.5 Å². The number of aliphatic hydroxyl groups is 1. The van der Waals surface area contributed by atoms with Crippen molar-refractivity contribution >= 4 is 5.69 Å². The van der Waals surface area contributed by atoms with E-state index >= 15 is 0 Å². The monoisotopic (exact) mass is 221 g/mol. The Kier molecular flexibility index (Phi) is 3.34. The molecule has 3 nitrogen and oxygen atoms in total. The SMILES string of the molecule is CC(C)C(CO)Nc1ccc2c(c1)CCO2. The third-order valence-corrected chi connectivity index (χ3v) is 3.04. The molecule has 1 heterocycles. The second kappa shape index (κ2) is 4.74. The first kappa shape index (κ1) is 11.3. The van der Waals surface area contributed by atoms with Gasteiger partial charge in [0.1, 0.15) is 5.75 Å². The smallest absolute Gasteiger partial charge is 0.122 e. The summed E-state index contributed by atoms with van der Waals surface area (Å²) in [5.41, 5.74) is 2.32. The lowest BCUT2D eigenvalue weighted by molar-refractivity contribution is 0.249. The molecule has 0 aliphatic carbocycles. The normalized spacial score (nSPS) is 15.8. The molecule has 1 aromatic carbocycles. The van der Waals surface area contributed by atoms with Crippen LogP contribution in [0.4, 0.5) is 5.69 Å². The summed E-state index contributed by atoms with van der Waals surface area (Å²) in [5, 5.41) is 12.6. The topological polar surface area (TPSA) is 41.5 Å².